The van der Waals surface area contributed by atoms with E-state index in [9.17, 15) is 18.0 Å². The molecule has 0 fully saturated rings. The topological polar surface area (TPSA) is 46.6 Å². The third kappa shape index (κ3) is 4.56. The van der Waals surface area contributed by atoms with Crippen LogP contribution in [0.5, 0.6) is 0 Å². The molecule has 2 aromatic heterocycles. The van der Waals surface area contributed by atoms with Crippen molar-refractivity contribution in [3.8, 4) is 0 Å². The first-order valence-corrected chi connectivity index (χ1v) is 7.90. The van der Waals surface area contributed by atoms with Crippen LogP contribution in [0.25, 0.3) is 0 Å². The molecular weight excluding hydrogens is 347 g/mol. The predicted octanol–water partition coefficient (Wildman–Crippen LogP) is 4.66. The van der Waals surface area contributed by atoms with Crippen molar-refractivity contribution in [2.24, 2.45) is 0 Å². The number of carbonyl (C=O) groups is 1. The Balaban J connectivity index is 1.72. The van der Waals surface area contributed by atoms with Crippen molar-refractivity contribution >= 4 is 5.91 Å². The SMILES string of the molecule is O=C(Cc1ccc(C(F)(F)F)cc1)N(Cc1ccco1)Cc1ccco1. The maximum Gasteiger partial charge on any atom is 0.416 e. The van der Waals surface area contributed by atoms with Crippen molar-refractivity contribution in [3.05, 3.63) is 83.7 Å². The normalized spacial score (nSPS) is 11.5. The van der Waals surface area contributed by atoms with Gasteiger partial charge in [0.2, 0.25) is 5.91 Å². The van der Waals surface area contributed by atoms with E-state index in [1.807, 2.05) is 0 Å². The molecule has 0 bridgehead atoms. The Labute approximate surface area is 147 Å². The molecule has 136 valence electrons. The quantitative estimate of drug-likeness (QED) is 0.640. The summed E-state index contributed by atoms with van der Waals surface area (Å²) in [5.74, 6) is 0.979. The molecule has 0 radical (unpaired) electrons. The van der Waals surface area contributed by atoms with Gasteiger partial charge in [0, 0.05) is 0 Å². The lowest BCUT2D eigenvalue weighted by molar-refractivity contribution is -0.137. The highest BCUT2D eigenvalue weighted by atomic mass is 19.4. The van der Waals surface area contributed by atoms with E-state index in [4.69, 9.17) is 8.83 Å². The molecule has 2 heterocycles. The monoisotopic (exact) mass is 363 g/mol. The van der Waals surface area contributed by atoms with Crippen LogP contribution in [0, 0.1) is 0 Å². The summed E-state index contributed by atoms with van der Waals surface area (Å²) in [6, 6.07) is 11.5. The van der Waals surface area contributed by atoms with E-state index in [0.29, 0.717) is 17.1 Å². The molecule has 0 N–H and O–H groups in total. The number of hydrogen-bond donors (Lipinski definition) is 0. The number of rotatable bonds is 6. The summed E-state index contributed by atoms with van der Waals surface area (Å²) in [6.07, 6.45) is -1.38. The Hall–Kier alpha value is -2.96. The summed E-state index contributed by atoms with van der Waals surface area (Å²) < 4.78 is 48.5. The molecule has 0 saturated heterocycles. The van der Waals surface area contributed by atoms with E-state index < -0.39 is 11.7 Å². The largest absolute Gasteiger partial charge is 0.467 e. The number of benzene rings is 1. The van der Waals surface area contributed by atoms with Gasteiger partial charge in [0.1, 0.15) is 11.5 Å². The smallest absolute Gasteiger partial charge is 0.416 e. The number of alkyl halides is 3. The minimum absolute atomic E-state index is 0.0143. The average molecular weight is 363 g/mol. The molecule has 3 rings (SSSR count). The van der Waals surface area contributed by atoms with Gasteiger partial charge in [-0.2, -0.15) is 13.2 Å². The fraction of sp³-hybridized carbons (Fsp3) is 0.211. The van der Waals surface area contributed by atoms with Gasteiger partial charge in [-0.25, -0.2) is 0 Å². The average Bonchev–Trinajstić information content (AvgIpc) is 3.28. The highest BCUT2D eigenvalue weighted by molar-refractivity contribution is 5.78. The Morgan fingerprint density at radius 3 is 1.85 bits per heavy atom. The van der Waals surface area contributed by atoms with Crippen LogP contribution in [0.4, 0.5) is 13.2 Å². The zero-order valence-electron chi connectivity index (χ0n) is 13.7. The molecule has 3 aromatic rings. The minimum Gasteiger partial charge on any atom is -0.467 e. The summed E-state index contributed by atoms with van der Waals surface area (Å²) in [7, 11) is 0. The van der Waals surface area contributed by atoms with Gasteiger partial charge in [-0.05, 0) is 42.0 Å². The standard InChI is InChI=1S/C19H16F3NO3/c20-19(21,22)15-7-5-14(6-8-15)11-18(24)23(12-16-3-1-9-25-16)13-17-4-2-10-26-17/h1-10H,11-13H2. The van der Waals surface area contributed by atoms with E-state index in [1.165, 1.54) is 29.6 Å². The Kier molecular flexibility index (Phi) is 5.16. The number of hydrogen-bond acceptors (Lipinski definition) is 3. The highest BCUT2D eigenvalue weighted by Gasteiger charge is 2.30. The van der Waals surface area contributed by atoms with Gasteiger partial charge < -0.3 is 13.7 Å². The lowest BCUT2D eigenvalue weighted by atomic mass is 10.1. The zero-order valence-corrected chi connectivity index (χ0v) is 13.7. The second kappa shape index (κ2) is 7.51. The third-order valence-electron chi connectivity index (χ3n) is 3.84. The van der Waals surface area contributed by atoms with Gasteiger partial charge in [0.25, 0.3) is 0 Å². The van der Waals surface area contributed by atoms with Crippen molar-refractivity contribution in [2.45, 2.75) is 25.7 Å². The van der Waals surface area contributed by atoms with Crippen LogP contribution in [0.1, 0.15) is 22.6 Å². The van der Waals surface area contributed by atoms with Gasteiger partial charge in [-0.15, -0.1) is 0 Å². The Bertz CT molecular complexity index is 786. The molecule has 0 unspecified atom stereocenters. The first kappa shape index (κ1) is 17.8. The molecular formula is C19H16F3NO3. The van der Waals surface area contributed by atoms with E-state index in [1.54, 1.807) is 24.3 Å². The van der Waals surface area contributed by atoms with Crippen molar-refractivity contribution < 1.29 is 26.8 Å². The molecule has 26 heavy (non-hydrogen) atoms. The van der Waals surface area contributed by atoms with Crippen LogP contribution in [0.2, 0.25) is 0 Å². The second-order valence-electron chi connectivity index (χ2n) is 5.78. The van der Waals surface area contributed by atoms with Crippen molar-refractivity contribution in [1.29, 1.82) is 0 Å². The van der Waals surface area contributed by atoms with E-state index in [0.717, 1.165) is 12.1 Å². The summed E-state index contributed by atoms with van der Waals surface area (Å²) in [5.41, 5.74) is -0.233. The molecule has 0 saturated carbocycles. The molecule has 1 aromatic carbocycles. The summed E-state index contributed by atoms with van der Waals surface area (Å²) in [4.78, 5) is 14.2. The van der Waals surface area contributed by atoms with Gasteiger partial charge >= 0.3 is 6.18 Å². The number of carbonyl (C=O) groups excluding carboxylic acids is 1. The number of nitrogens with zero attached hydrogens (tertiary/aromatic N) is 1. The van der Waals surface area contributed by atoms with Crippen LogP contribution in [-0.2, 0) is 30.5 Å². The fourth-order valence-corrected chi connectivity index (χ4v) is 2.51. The molecule has 4 nitrogen and oxygen atoms in total. The lowest BCUT2D eigenvalue weighted by Gasteiger charge is -2.21. The molecule has 0 aliphatic heterocycles. The van der Waals surface area contributed by atoms with Crippen molar-refractivity contribution in [2.75, 3.05) is 0 Å². The van der Waals surface area contributed by atoms with Crippen LogP contribution < -0.4 is 0 Å². The maximum atomic E-state index is 12.7. The summed E-state index contributed by atoms with van der Waals surface area (Å²) >= 11 is 0. The second-order valence-corrected chi connectivity index (χ2v) is 5.78. The van der Waals surface area contributed by atoms with Gasteiger partial charge in [-0.3, -0.25) is 4.79 Å². The first-order chi connectivity index (χ1) is 12.4. The van der Waals surface area contributed by atoms with Crippen LogP contribution in [-0.4, -0.2) is 10.8 Å². The van der Waals surface area contributed by atoms with Crippen LogP contribution in [0.3, 0.4) is 0 Å². The number of halogens is 3. The molecule has 0 aliphatic rings. The van der Waals surface area contributed by atoms with Crippen molar-refractivity contribution in [3.63, 3.8) is 0 Å². The lowest BCUT2D eigenvalue weighted by Crippen LogP contribution is -2.31. The highest BCUT2D eigenvalue weighted by Crippen LogP contribution is 2.29. The summed E-state index contributed by atoms with van der Waals surface area (Å²) in [6.45, 7) is 0.486. The third-order valence-corrected chi connectivity index (χ3v) is 3.84. The molecule has 1 amide bonds. The molecule has 0 atom stereocenters. The fourth-order valence-electron chi connectivity index (χ4n) is 2.51. The van der Waals surface area contributed by atoms with E-state index >= 15 is 0 Å². The van der Waals surface area contributed by atoms with Crippen molar-refractivity contribution in [1.82, 2.24) is 4.90 Å². The predicted molar refractivity (Wildman–Crippen MR) is 86.8 cm³/mol. The maximum absolute atomic E-state index is 12.7. The van der Waals surface area contributed by atoms with E-state index in [-0.39, 0.29) is 25.4 Å². The molecule has 7 heteroatoms. The van der Waals surface area contributed by atoms with Gasteiger partial charge in [0.15, 0.2) is 0 Å². The zero-order chi connectivity index (χ0) is 18.6. The van der Waals surface area contributed by atoms with E-state index in [2.05, 4.69) is 0 Å². The van der Waals surface area contributed by atoms with Gasteiger partial charge in [-0.1, -0.05) is 12.1 Å². The Morgan fingerprint density at radius 1 is 0.885 bits per heavy atom. The van der Waals surface area contributed by atoms with Crippen LogP contribution >= 0.6 is 0 Å². The van der Waals surface area contributed by atoms with Gasteiger partial charge in [0.05, 0.1) is 37.6 Å². The molecule has 0 aliphatic carbocycles. The first-order valence-electron chi connectivity index (χ1n) is 7.90. The number of amides is 1. The summed E-state index contributed by atoms with van der Waals surface area (Å²) in [5, 5.41) is 0. The number of furan rings is 2. The minimum atomic E-state index is -4.40. The Morgan fingerprint density at radius 2 is 1.42 bits per heavy atom. The molecule has 0 spiro atoms. The van der Waals surface area contributed by atoms with Crippen LogP contribution in [0.15, 0.2) is 69.9 Å².